The monoisotopic (exact) mass is 292 g/mol. The molecule has 0 aliphatic heterocycles. The molecule has 0 radical (unpaired) electrons. The molecule has 0 aliphatic carbocycles. The molecule has 0 bridgehead atoms. The lowest BCUT2D eigenvalue weighted by Crippen LogP contribution is -2.37. The van der Waals surface area contributed by atoms with Crippen LogP contribution in [0.2, 0.25) is 0 Å². The molecule has 1 N–H and O–H groups in total. The fourth-order valence-corrected chi connectivity index (χ4v) is 2.86. The van der Waals surface area contributed by atoms with Gasteiger partial charge in [0.1, 0.15) is 0 Å². The summed E-state index contributed by atoms with van der Waals surface area (Å²) in [6.45, 7) is 11.7. The van der Waals surface area contributed by atoms with Gasteiger partial charge in [0.2, 0.25) is 0 Å². The van der Waals surface area contributed by atoms with E-state index in [1.165, 1.54) is 0 Å². The SMILES string of the molecule is CCCNC(C)C(Cc1cccc([N+](=O)[O-])c1C)C(C)C. The number of nitro benzene ring substituents is 1. The molecule has 118 valence electrons. The van der Waals surface area contributed by atoms with Gasteiger partial charge in [-0.1, -0.05) is 32.9 Å². The van der Waals surface area contributed by atoms with Crippen LogP contribution in [0.25, 0.3) is 0 Å². The van der Waals surface area contributed by atoms with E-state index in [4.69, 9.17) is 0 Å². The zero-order chi connectivity index (χ0) is 16.0. The molecule has 21 heavy (non-hydrogen) atoms. The zero-order valence-corrected chi connectivity index (χ0v) is 13.8. The van der Waals surface area contributed by atoms with Gasteiger partial charge in [-0.3, -0.25) is 10.1 Å². The van der Waals surface area contributed by atoms with Gasteiger partial charge in [-0.05, 0) is 50.6 Å². The predicted octanol–water partition coefficient (Wildman–Crippen LogP) is 4.11. The molecular formula is C17H28N2O2. The number of benzene rings is 1. The third-order valence-corrected chi connectivity index (χ3v) is 4.28. The maximum Gasteiger partial charge on any atom is 0.272 e. The van der Waals surface area contributed by atoms with Crippen LogP contribution in [-0.4, -0.2) is 17.5 Å². The van der Waals surface area contributed by atoms with Crippen LogP contribution in [0, 0.1) is 28.9 Å². The topological polar surface area (TPSA) is 55.2 Å². The lowest BCUT2D eigenvalue weighted by Gasteiger charge is -2.29. The second kappa shape index (κ2) is 8.13. The number of rotatable bonds is 8. The Labute approximate surface area is 128 Å². The van der Waals surface area contributed by atoms with Crippen molar-refractivity contribution in [2.45, 2.75) is 53.5 Å². The van der Waals surface area contributed by atoms with Crippen LogP contribution in [0.15, 0.2) is 18.2 Å². The van der Waals surface area contributed by atoms with Gasteiger partial charge in [0, 0.05) is 17.7 Å². The van der Waals surface area contributed by atoms with Crippen LogP contribution in [0.1, 0.15) is 45.2 Å². The summed E-state index contributed by atoms with van der Waals surface area (Å²) in [6, 6.07) is 5.80. The normalized spacial score (nSPS) is 14.2. The zero-order valence-electron chi connectivity index (χ0n) is 13.8. The van der Waals surface area contributed by atoms with Crippen LogP contribution in [0.3, 0.4) is 0 Å². The summed E-state index contributed by atoms with van der Waals surface area (Å²) < 4.78 is 0. The highest BCUT2D eigenvalue weighted by atomic mass is 16.6. The minimum absolute atomic E-state index is 0.226. The minimum Gasteiger partial charge on any atom is -0.314 e. The van der Waals surface area contributed by atoms with Crippen LogP contribution in [0.4, 0.5) is 5.69 Å². The van der Waals surface area contributed by atoms with Gasteiger partial charge >= 0.3 is 0 Å². The Hall–Kier alpha value is -1.42. The van der Waals surface area contributed by atoms with E-state index >= 15 is 0 Å². The van der Waals surface area contributed by atoms with E-state index < -0.39 is 0 Å². The Morgan fingerprint density at radius 3 is 2.48 bits per heavy atom. The first-order valence-corrected chi connectivity index (χ1v) is 7.84. The summed E-state index contributed by atoms with van der Waals surface area (Å²) in [5.74, 6) is 1.00. The van der Waals surface area contributed by atoms with Gasteiger partial charge in [0.25, 0.3) is 5.69 Å². The first kappa shape index (κ1) is 17.6. The molecule has 0 aliphatic rings. The number of hydrogen-bond donors (Lipinski definition) is 1. The van der Waals surface area contributed by atoms with Gasteiger partial charge in [0.15, 0.2) is 0 Å². The van der Waals surface area contributed by atoms with Crippen LogP contribution >= 0.6 is 0 Å². The third-order valence-electron chi connectivity index (χ3n) is 4.28. The van der Waals surface area contributed by atoms with Crippen molar-refractivity contribution in [1.29, 1.82) is 0 Å². The minimum atomic E-state index is -0.290. The third kappa shape index (κ3) is 4.81. The van der Waals surface area contributed by atoms with E-state index in [1.54, 1.807) is 12.1 Å². The molecule has 2 unspecified atom stereocenters. The average molecular weight is 292 g/mol. The maximum absolute atomic E-state index is 11.1. The molecule has 1 aromatic rings. The summed E-state index contributed by atoms with van der Waals surface area (Å²) >= 11 is 0. The Morgan fingerprint density at radius 1 is 1.29 bits per heavy atom. The number of nitro groups is 1. The van der Waals surface area contributed by atoms with Gasteiger partial charge in [-0.2, -0.15) is 0 Å². The van der Waals surface area contributed by atoms with E-state index in [0.29, 0.717) is 17.9 Å². The van der Waals surface area contributed by atoms with E-state index in [1.807, 2.05) is 13.0 Å². The molecule has 0 amide bonds. The van der Waals surface area contributed by atoms with Crippen molar-refractivity contribution < 1.29 is 4.92 Å². The predicted molar refractivity (Wildman–Crippen MR) is 87.6 cm³/mol. The van der Waals surface area contributed by atoms with Crippen molar-refractivity contribution in [3.8, 4) is 0 Å². The second-order valence-corrected chi connectivity index (χ2v) is 6.17. The Bertz CT molecular complexity index is 472. The summed E-state index contributed by atoms with van der Waals surface area (Å²) in [5.41, 5.74) is 2.12. The molecule has 2 atom stereocenters. The highest BCUT2D eigenvalue weighted by Crippen LogP contribution is 2.27. The fraction of sp³-hybridized carbons (Fsp3) is 0.647. The molecule has 4 heteroatoms. The highest BCUT2D eigenvalue weighted by molar-refractivity contribution is 5.44. The number of nitrogens with zero attached hydrogens (tertiary/aromatic N) is 1. The molecule has 0 saturated carbocycles. The van der Waals surface area contributed by atoms with Gasteiger partial charge in [0.05, 0.1) is 4.92 Å². The molecule has 1 aromatic carbocycles. The molecule has 1 rings (SSSR count). The Morgan fingerprint density at radius 2 is 1.95 bits per heavy atom. The first-order valence-electron chi connectivity index (χ1n) is 7.84. The lowest BCUT2D eigenvalue weighted by atomic mass is 9.82. The van der Waals surface area contributed by atoms with Crippen molar-refractivity contribution in [3.63, 3.8) is 0 Å². The Kier molecular flexibility index (Phi) is 6.82. The van der Waals surface area contributed by atoms with E-state index in [-0.39, 0.29) is 10.6 Å². The standard InChI is InChI=1S/C17H28N2O2/c1-6-10-18-14(5)16(12(2)3)11-15-8-7-9-17(13(15)4)19(20)21/h7-9,12,14,16,18H,6,10-11H2,1-5H3. The van der Waals surface area contributed by atoms with Gasteiger partial charge < -0.3 is 5.32 Å². The molecule has 0 saturated heterocycles. The smallest absolute Gasteiger partial charge is 0.272 e. The van der Waals surface area contributed by atoms with Crippen LogP contribution < -0.4 is 5.32 Å². The summed E-state index contributed by atoms with van der Waals surface area (Å²) in [5, 5.41) is 14.6. The Balaban J connectivity index is 2.94. The fourth-order valence-electron chi connectivity index (χ4n) is 2.86. The largest absolute Gasteiger partial charge is 0.314 e. The number of hydrogen-bond acceptors (Lipinski definition) is 3. The maximum atomic E-state index is 11.1. The number of nitrogens with one attached hydrogen (secondary N) is 1. The molecule has 0 spiro atoms. The van der Waals surface area contributed by atoms with E-state index in [0.717, 1.165) is 30.5 Å². The average Bonchev–Trinajstić information content (AvgIpc) is 2.42. The summed E-state index contributed by atoms with van der Waals surface area (Å²) in [6.07, 6.45) is 1.99. The van der Waals surface area contributed by atoms with Crippen LogP contribution in [-0.2, 0) is 6.42 Å². The van der Waals surface area contributed by atoms with Crippen LogP contribution in [0.5, 0.6) is 0 Å². The summed E-state index contributed by atoms with van der Waals surface area (Å²) in [7, 11) is 0. The quantitative estimate of drug-likeness (QED) is 0.579. The second-order valence-electron chi connectivity index (χ2n) is 6.17. The molecule has 0 aromatic heterocycles. The van der Waals surface area contributed by atoms with E-state index in [2.05, 4.69) is 33.0 Å². The first-order chi connectivity index (χ1) is 9.88. The van der Waals surface area contributed by atoms with E-state index in [9.17, 15) is 10.1 Å². The van der Waals surface area contributed by atoms with Crippen molar-refractivity contribution >= 4 is 5.69 Å². The molecule has 0 fully saturated rings. The molecule has 4 nitrogen and oxygen atoms in total. The van der Waals surface area contributed by atoms with Gasteiger partial charge in [-0.15, -0.1) is 0 Å². The van der Waals surface area contributed by atoms with Crippen molar-refractivity contribution in [1.82, 2.24) is 5.32 Å². The summed E-state index contributed by atoms with van der Waals surface area (Å²) in [4.78, 5) is 10.8. The lowest BCUT2D eigenvalue weighted by molar-refractivity contribution is -0.385. The van der Waals surface area contributed by atoms with Crippen molar-refractivity contribution in [3.05, 3.63) is 39.4 Å². The van der Waals surface area contributed by atoms with Crippen molar-refractivity contribution in [2.24, 2.45) is 11.8 Å². The van der Waals surface area contributed by atoms with Crippen molar-refractivity contribution in [2.75, 3.05) is 6.54 Å². The molecular weight excluding hydrogens is 264 g/mol. The highest BCUT2D eigenvalue weighted by Gasteiger charge is 2.23. The molecule has 0 heterocycles. The van der Waals surface area contributed by atoms with Gasteiger partial charge in [-0.25, -0.2) is 0 Å².